The first-order valence-corrected chi connectivity index (χ1v) is 8.30. The maximum Gasteiger partial charge on any atom is 0.184 e. The highest BCUT2D eigenvalue weighted by Crippen LogP contribution is 2.36. The zero-order chi connectivity index (χ0) is 15.0. The molecular weight excluding hydrogens is 291 g/mol. The average molecular weight is 306 g/mol. The SMILES string of the molecule is O=S(=O)(c1ccc(F)cc1)C1CCc2ccccc2C1O. The van der Waals surface area contributed by atoms with Crippen molar-refractivity contribution in [3.8, 4) is 0 Å². The predicted octanol–water partition coefficient (Wildman–Crippen LogP) is 2.65. The molecule has 110 valence electrons. The normalized spacial score (nSPS) is 21.8. The highest BCUT2D eigenvalue weighted by molar-refractivity contribution is 7.92. The van der Waals surface area contributed by atoms with Crippen LogP contribution in [0.2, 0.25) is 0 Å². The zero-order valence-electron chi connectivity index (χ0n) is 11.2. The van der Waals surface area contributed by atoms with Crippen LogP contribution in [0, 0.1) is 5.82 Å². The van der Waals surface area contributed by atoms with Crippen molar-refractivity contribution in [2.45, 2.75) is 29.1 Å². The van der Waals surface area contributed by atoms with Crippen LogP contribution in [0.4, 0.5) is 4.39 Å². The summed E-state index contributed by atoms with van der Waals surface area (Å²) < 4.78 is 38.2. The Labute approximate surface area is 123 Å². The van der Waals surface area contributed by atoms with Gasteiger partial charge in [0, 0.05) is 0 Å². The summed E-state index contributed by atoms with van der Waals surface area (Å²) in [4.78, 5) is 0.0485. The van der Waals surface area contributed by atoms with Gasteiger partial charge >= 0.3 is 0 Å². The molecule has 0 fully saturated rings. The minimum atomic E-state index is -3.69. The molecule has 0 spiro atoms. The number of sulfone groups is 1. The van der Waals surface area contributed by atoms with E-state index in [1.54, 1.807) is 12.1 Å². The number of hydrogen-bond donors (Lipinski definition) is 1. The van der Waals surface area contributed by atoms with Crippen LogP contribution in [-0.2, 0) is 16.3 Å². The van der Waals surface area contributed by atoms with E-state index in [0.29, 0.717) is 18.4 Å². The number of aryl methyl sites for hydroxylation is 1. The molecule has 0 saturated carbocycles. The van der Waals surface area contributed by atoms with Gasteiger partial charge in [0.15, 0.2) is 9.84 Å². The van der Waals surface area contributed by atoms with Crippen LogP contribution in [-0.4, -0.2) is 18.8 Å². The van der Waals surface area contributed by atoms with Gasteiger partial charge in [-0.2, -0.15) is 0 Å². The molecule has 1 aliphatic carbocycles. The van der Waals surface area contributed by atoms with E-state index >= 15 is 0 Å². The molecule has 3 nitrogen and oxygen atoms in total. The van der Waals surface area contributed by atoms with E-state index in [2.05, 4.69) is 0 Å². The molecular formula is C16H15FO3S. The Balaban J connectivity index is 1.99. The van der Waals surface area contributed by atoms with Crippen LogP contribution in [0.5, 0.6) is 0 Å². The highest BCUT2D eigenvalue weighted by atomic mass is 32.2. The molecule has 21 heavy (non-hydrogen) atoms. The lowest BCUT2D eigenvalue weighted by Gasteiger charge is -2.29. The van der Waals surface area contributed by atoms with E-state index in [1.807, 2.05) is 12.1 Å². The quantitative estimate of drug-likeness (QED) is 0.868. The van der Waals surface area contributed by atoms with Gasteiger partial charge in [-0.15, -0.1) is 0 Å². The molecule has 0 aromatic heterocycles. The van der Waals surface area contributed by atoms with Crippen molar-refractivity contribution >= 4 is 9.84 Å². The summed E-state index contributed by atoms with van der Waals surface area (Å²) >= 11 is 0. The standard InChI is InChI=1S/C16H15FO3S/c17-12-6-8-13(9-7-12)21(19,20)15-10-5-11-3-1-2-4-14(11)16(15)18/h1-4,6-9,15-16,18H,5,10H2. The third-order valence-corrected chi connectivity index (χ3v) is 6.18. The number of halogens is 1. The Bertz CT molecular complexity index is 753. The average Bonchev–Trinajstić information content (AvgIpc) is 2.48. The maximum absolute atomic E-state index is 12.9. The van der Waals surface area contributed by atoms with Gasteiger partial charge in [0.1, 0.15) is 5.82 Å². The largest absolute Gasteiger partial charge is 0.387 e. The first-order valence-electron chi connectivity index (χ1n) is 6.75. The Morgan fingerprint density at radius 3 is 2.43 bits per heavy atom. The summed E-state index contributed by atoms with van der Waals surface area (Å²) in [6.07, 6.45) is -0.0825. The van der Waals surface area contributed by atoms with Crippen LogP contribution < -0.4 is 0 Å². The van der Waals surface area contributed by atoms with Gasteiger partial charge in [0.25, 0.3) is 0 Å². The zero-order valence-corrected chi connectivity index (χ0v) is 12.1. The Kier molecular flexibility index (Phi) is 3.55. The molecule has 0 saturated heterocycles. The van der Waals surface area contributed by atoms with Crippen molar-refractivity contribution in [1.82, 2.24) is 0 Å². The van der Waals surface area contributed by atoms with Gasteiger partial charge < -0.3 is 5.11 Å². The van der Waals surface area contributed by atoms with E-state index in [9.17, 15) is 17.9 Å². The second kappa shape index (κ2) is 5.24. The Hall–Kier alpha value is -1.72. The van der Waals surface area contributed by atoms with Gasteiger partial charge in [-0.05, 0) is 48.2 Å². The molecule has 0 amide bonds. The van der Waals surface area contributed by atoms with E-state index in [0.717, 1.165) is 17.7 Å². The molecule has 2 unspecified atom stereocenters. The Morgan fingerprint density at radius 2 is 1.71 bits per heavy atom. The first-order chi connectivity index (χ1) is 10.00. The lowest BCUT2D eigenvalue weighted by atomic mass is 9.89. The van der Waals surface area contributed by atoms with Crippen LogP contribution >= 0.6 is 0 Å². The fraction of sp³-hybridized carbons (Fsp3) is 0.250. The lowest BCUT2D eigenvalue weighted by molar-refractivity contribution is 0.159. The third kappa shape index (κ3) is 2.47. The molecule has 2 aromatic rings. The molecule has 1 N–H and O–H groups in total. The minimum Gasteiger partial charge on any atom is -0.387 e. The van der Waals surface area contributed by atoms with Crippen molar-refractivity contribution in [3.05, 3.63) is 65.5 Å². The summed E-state index contributed by atoms with van der Waals surface area (Å²) in [6.45, 7) is 0. The van der Waals surface area contributed by atoms with Crippen molar-refractivity contribution in [2.75, 3.05) is 0 Å². The molecule has 5 heteroatoms. The number of rotatable bonds is 2. The summed E-state index contributed by atoms with van der Waals surface area (Å²) in [5.41, 5.74) is 1.65. The van der Waals surface area contributed by atoms with Gasteiger partial charge in [-0.1, -0.05) is 24.3 Å². The third-order valence-electron chi connectivity index (χ3n) is 3.96. The second-order valence-corrected chi connectivity index (χ2v) is 7.39. The number of aliphatic hydroxyl groups excluding tert-OH is 1. The molecule has 1 aliphatic rings. The number of fused-ring (bicyclic) bond motifs is 1. The molecule has 2 aromatic carbocycles. The van der Waals surface area contributed by atoms with Crippen LogP contribution in [0.1, 0.15) is 23.7 Å². The predicted molar refractivity (Wildman–Crippen MR) is 77.1 cm³/mol. The molecule has 2 atom stereocenters. The smallest absolute Gasteiger partial charge is 0.184 e. The van der Waals surface area contributed by atoms with Gasteiger partial charge in [0.2, 0.25) is 0 Å². The number of hydrogen-bond acceptors (Lipinski definition) is 3. The Morgan fingerprint density at radius 1 is 1.05 bits per heavy atom. The van der Waals surface area contributed by atoms with E-state index in [-0.39, 0.29) is 4.90 Å². The van der Waals surface area contributed by atoms with Crippen LogP contribution in [0.15, 0.2) is 53.4 Å². The summed E-state index contributed by atoms with van der Waals surface area (Å²) in [7, 11) is -3.69. The molecule has 0 radical (unpaired) electrons. The van der Waals surface area contributed by atoms with Crippen LogP contribution in [0.25, 0.3) is 0 Å². The topological polar surface area (TPSA) is 54.4 Å². The summed E-state index contributed by atoms with van der Waals surface area (Å²) in [5.74, 6) is -0.483. The van der Waals surface area contributed by atoms with Gasteiger partial charge in [0.05, 0.1) is 16.2 Å². The molecule has 3 rings (SSSR count). The van der Waals surface area contributed by atoms with Crippen molar-refractivity contribution in [3.63, 3.8) is 0 Å². The fourth-order valence-corrected chi connectivity index (χ4v) is 4.61. The van der Waals surface area contributed by atoms with Crippen LogP contribution in [0.3, 0.4) is 0 Å². The molecule has 0 aliphatic heterocycles. The molecule has 0 bridgehead atoms. The summed E-state index contributed by atoms with van der Waals surface area (Å²) in [6, 6.07) is 12.1. The van der Waals surface area contributed by atoms with E-state index in [1.165, 1.54) is 12.1 Å². The minimum absolute atomic E-state index is 0.0485. The monoisotopic (exact) mass is 306 g/mol. The van der Waals surface area contributed by atoms with E-state index < -0.39 is 27.0 Å². The van der Waals surface area contributed by atoms with Crippen molar-refractivity contribution < 1.29 is 17.9 Å². The lowest BCUT2D eigenvalue weighted by Crippen LogP contribution is -2.33. The highest BCUT2D eigenvalue weighted by Gasteiger charge is 2.38. The van der Waals surface area contributed by atoms with Crippen molar-refractivity contribution in [2.24, 2.45) is 0 Å². The van der Waals surface area contributed by atoms with E-state index in [4.69, 9.17) is 0 Å². The number of benzene rings is 2. The van der Waals surface area contributed by atoms with Crippen molar-refractivity contribution in [1.29, 1.82) is 0 Å². The van der Waals surface area contributed by atoms with Gasteiger partial charge in [-0.3, -0.25) is 0 Å². The maximum atomic E-state index is 12.9. The number of aliphatic hydroxyl groups is 1. The first kappa shape index (κ1) is 14.2. The summed E-state index contributed by atoms with van der Waals surface area (Å²) in [5, 5.41) is 9.53. The van der Waals surface area contributed by atoms with Gasteiger partial charge in [-0.25, -0.2) is 12.8 Å². The molecule has 0 heterocycles. The second-order valence-electron chi connectivity index (χ2n) is 5.22. The fourth-order valence-electron chi connectivity index (χ4n) is 2.83.